The minimum absolute atomic E-state index is 0. The van der Waals surface area contributed by atoms with Crippen molar-refractivity contribution in [3.05, 3.63) is 123 Å². The van der Waals surface area contributed by atoms with Gasteiger partial charge < -0.3 is 52.0 Å². The molecule has 0 heterocycles. The number of benzene rings is 1. The summed E-state index contributed by atoms with van der Waals surface area (Å²) >= 11 is 0. The number of hydrogen-bond acceptors (Lipinski definition) is 0. The Labute approximate surface area is 211 Å². The largest absolute Gasteiger partial charge is 0.358 e. The third-order valence-corrected chi connectivity index (χ3v) is 4.68. The Morgan fingerprint density at radius 1 is 0.833 bits per heavy atom. The number of aryl methyl sites for hydroxylation is 3. The summed E-state index contributed by atoms with van der Waals surface area (Å²) in [6.07, 6.45) is 9.22. The number of rotatable bonds is 4. The Morgan fingerprint density at radius 3 is 1.90 bits per heavy atom. The van der Waals surface area contributed by atoms with Gasteiger partial charge in [-0.2, -0.15) is 24.3 Å². The fraction of sp³-hybridized carbons (Fsp3) is 0.276. The molecule has 0 aliphatic heterocycles. The standard InChI is InChI=1S/C17H21.C5H5.7CH3.Hf/c1-2-3-4-6-13-9-10-16-11-14-7-5-8-15(14)12-17(13)16;1-2-4-5-3-1;;;;;;;;/h9-12H,2-8H2,1H3;1-5H;7*1H3;/q9*-1;. The molecule has 1 heteroatoms. The fourth-order valence-electron chi connectivity index (χ4n) is 3.44. The Balaban J connectivity index is -0.0000000997. The van der Waals surface area contributed by atoms with Crippen LogP contribution < -0.4 is 0 Å². The first-order chi connectivity index (χ1) is 10.9. The first kappa shape index (κ1) is 43.0. The predicted molar refractivity (Wildman–Crippen MR) is 142 cm³/mol. The zero-order valence-corrected chi connectivity index (χ0v) is 24.7. The summed E-state index contributed by atoms with van der Waals surface area (Å²) in [7, 11) is 0. The first-order valence-electron chi connectivity index (χ1n) is 8.75. The van der Waals surface area contributed by atoms with E-state index in [1.54, 1.807) is 16.7 Å². The van der Waals surface area contributed by atoms with Crippen LogP contribution in [-0.4, -0.2) is 0 Å². The molecule has 3 aromatic rings. The maximum atomic E-state index is 2.47. The van der Waals surface area contributed by atoms with Gasteiger partial charge in [0.15, 0.2) is 0 Å². The van der Waals surface area contributed by atoms with E-state index in [1.165, 1.54) is 55.7 Å². The van der Waals surface area contributed by atoms with Crippen LogP contribution in [0.3, 0.4) is 0 Å². The molecule has 0 atom stereocenters. The SMILES string of the molecule is CCCCC[c-]1ccc2cc3c(cc21)CCC3.[CH3-].[CH3-].[CH3-].[CH3-].[CH3-].[CH3-].[CH3-].[Hf].c1cc[cH-]c1. The molecular formula is C29H47Hf-9. The number of hydrogen-bond donors (Lipinski definition) is 0. The number of unbranched alkanes of at least 4 members (excludes halogenated alkanes) is 2. The van der Waals surface area contributed by atoms with Crippen LogP contribution in [0.1, 0.15) is 49.3 Å². The van der Waals surface area contributed by atoms with Crippen LogP contribution >= 0.6 is 0 Å². The summed E-state index contributed by atoms with van der Waals surface area (Å²) in [5.41, 5.74) is 4.78. The quantitative estimate of drug-likeness (QED) is 0.166. The van der Waals surface area contributed by atoms with Gasteiger partial charge in [0.1, 0.15) is 0 Å². The topological polar surface area (TPSA) is 0 Å². The smallest absolute Gasteiger partial charge is 0 e. The van der Waals surface area contributed by atoms with Crippen LogP contribution in [0, 0.1) is 52.0 Å². The maximum Gasteiger partial charge on any atom is 0 e. The summed E-state index contributed by atoms with van der Waals surface area (Å²) in [5, 5.41) is 3.00. The second-order valence-electron chi connectivity index (χ2n) is 6.34. The molecule has 1 aliphatic rings. The van der Waals surface area contributed by atoms with Gasteiger partial charge >= 0.3 is 0 Å². The molecule has 0 saturated heterocycles. The fourth-order valence-corrected chi connectivity index (χ4v) is 3.44. The maximum absolute atomic E-state index is 2.47. The Hall–Kier alpha value is -0.950. The van der Waals surface area contributed by atoms with E-state index in [1.807, 2.05) is 30.3 Å². The minimum Gasteiger partial charge on any atom is -0.358 e. The van der Waals surface area contributed by atoms with Crippen LogP contribution in [0.25, 0.3) is 10.8 Å². The summed E-state index contributed by atoms with van der Waals surface area (Å²) in [4.78, 5) is 0. The molecule has 176 valence electrons. The molecule has 0 fully saturated rings. The van der Waals surface area contributed by atoms with Crippen molar-refractivity contribution in [3.63, 3.8) is 0 Å². The Kier molecular flexibility index (Phi) is 32.6. The van der Waals surface area contributed by atoms with Gasteiger partial charge in [-0.25, -0.2) is 12.1 Å². The average molecular weight is 574 g/mol. The summed E-state index contributed by atoms with van der Waals surface area (Å²) in [6.45, 7) is 2.27. The van der Waals surface area contributed by atoms with Crippen LogP contribution in [-0.2, 0) is 45.1 Å². The van der Waals surface area contributed by atoms with Crippen molar-refractivity contribution < 1.29 is 25.8 Å². The van der Waals surface area contributed by atoms with Crippen molar-refractivity contribution in [1.82, 2.24) is 0 Å². The van der Waals surface area contributed by atoms with Gasteiger partial charge in [0.05, 0.1) is 0 Å². The van der Waals surface area contributed by atoms with Crippen molar-refractivity contribution in [3.8, 4) is 0 Å². The first-order valence-corrected chi connectivity index (χ1v) is 8.75. The van der Waals surface area contributed by atoms with Gasteiger partial charge in [-0.1, -0.05) is 43.7 Å². The van der Waals surface area contributed by atoms with Gasteiger partial charge in [-0.15, -0.1) is 34.5 Å². The minimum atomic E-state index is 0. The molecule has 0 radical (unpaired) electrons. The van der Waals surface area contributed by atoms with Gasteiger partial charge in [-0.05, 0) is 19.3 Å². The van der Waals surface area contributed by atoms with Gasteiger partial charge in [-0.3, -0.25) is 0 Å². The molecule has 0 N–H and O–H groups in total. The molecule has 3 aromatic carbocycles. The molecular weight excluding hydrogens is 527 g/mol. The molecule has 0 aromatic heterocycles. The van der Waals surface area contributed by atoms with Gasteiger partial charge in [0.2, 0.25) is 0 Å². The Bertz CT molecular complexity index is 671. The molecule has 30 heavy (non-hydrogen) atoms. The molecule has 4 rings (SSSR count). The van der Waals surface area contributed by atoms with E-state index in [0.29, 0.717) is 0 Å². The van der Waals surface area contributed by atoms with Crippen LogP contribution in [0.4, 0.5) is 0 Å². The average Bonchev–Trinajstić information content (AvgIpc) is 3.28. The zero-order valence-electron chi connectivity index (χ0n) is 21.1. The van der Waals surface area contributed by atoms with E-state index in [9.17, 15) is 0 Å². The van der Waals surface area contributed by atoms with E-state index < -0.39 is 0 Å². The van der Waals surface area contributed by atoms with Crippen LogP contribution in [0.5, 0.6) is 0 Å². The van der Waals surface area contributed by atoms with Crippen LogP contribution in [0.2, 0.25) is 0 Å². The number of fused-ring (bicyclic) bond motifs is 2. The van der Waals surface area contributed by atoms with Crippen molar-refractivity contribution in [2.45, 2.75) is 51.9 Å². The molecule has 0 spiro atoms. The van der Waals surface area contributed by atoms with Crippen molar-refractivity contribution in [1.29, 1.82) is 0 Å². The zero-order chi connectivity index (χ0) is 15.2. The van der Waals surface area contributed by atoms with E-state index in [2.05, 4.69) is 31.2 Å². The summed E-state index contributed by atoms with van der Waals surface area (Å²) < 4.78 is 0. The van der Waals surface area contributed by atoms with Crippen LogP contribution in [0.15, 0.2) is 54.6 Å². The molecule has 0 nitrogen and oxygen atoms in total. The van der Waals surface area contributed by atoms with Gasteiger partial charge in [0.25, 0.3) is 0 Å². The van der Waals surface area contributed by atoms with E-state index in [0.717, 1.165) is 0 Å². The molecule has 0 amide bonds. The molecule has 0 unspecified atom stereocenters. The van der Waals surface area contributed by atoms with E-state index in [4.69, 9.17) is 0 Å². The predicted octanol–water partition coefficient (Wildman–Crippen LogP) is 9.34. The van der Waals surface area contributed by atoms with Gasteiger partial charge in [0, 0.05) is 25.8 Å². The third-order valence-electron chi connectivity index (χ3n) is 4.68. The van der Waals surface area contributed by atoms with Crippen molar-refractivity contribution in [2.24, 2.45) is 0 Å². The molecule has 0 saturated carbocycles. The van der Waals surface area contributed by atoms with Crippen molar-refractivity contribution >= 4 is 10.8 Å². The Morgan fingerprint density at radius 2 is 1.40 bits per heavy atom. The summed E-state index contributed by atoms with van der Waals surface area (Å²) in [5.74, 6) is 0. The monoisotopic (exact) mass is 575 g/mol. The second kappa shape index (κ2) is 22.7. The third kappa shape index (κ3) is 11.4. The van der Waals surface area contributed by atoms with E-state index in [-0.39, 0.29) is 77.8 Å². The molecule has 0 bridgehead atoms. The van der Waals surface area contributed by atoms with Crippen molar-refractivity contribution in [2.75, 3.05) is 0 Å². The second-order valence-corrected chi connectivity index (χ2v) is 6.34. The molecule has 1 aliphatic carbocycles. The summed E-state index contributed by atoms with van der Waals surface area (Å²) in [6, 6.07) is 19.6. The van der Waals surface area contributed by atoms with E-state index >= 15 is 0 Å². The normalized spacial score (nSPS) is 9.50.